The minimum Gasteiger partial charge on any atom is -0.497 e. The maximum atomic E-state index is 13.7. The summed E-state index contributed by atoms with van der Waals surface area (Å²) in [5.41, 5.74) is 5.90. The summed E-state index contributed by atoms with van der Waals surface area (Å²) in [6.07, 6.45) is 1.93. The van der Waals surface area contributed by atoms with E-state index in [-0.39, 0.29) is 11.8 Å². The Balaban J connectivity index is 1.14. The first-order valence-electron chi connectivity index (χ1n) is 14.1. The quantitative estimate of drug-likeness (QED) is 0.241. The lowest BCUT2D eigenvalue weighted by molar-refractivity contribution is -0.114. The summed E-state index contributed by atoms with van der Waals surface area (Å²) < 4.78 is 5.26. The van der Waals surface area contributed by atoms with Crippen LogP contribution >= 0.6 is 11.8 Å². The monoisotopic (exact) mass is 575 g/mol. The highest BCUT2D eigenvalue weighted by Crippen LogP contribution is 2.42. The second-order valence-electron chi connectivity index (χ2n) is 10.5. The van der Waals surface area contributed by atoms with Crippen LogP contribution in [0.1, 0.15) is 27.0 Å². The van der Waals surface area contributed by atoms with Crippen LogP contribution in [0, 0.1) is 6.92 Å². The Kier molecular flexibility index (Phi) is 8.02. The molecule has 212 valence electrons. The van der Waals surface area contributed by atoms with Gasteiger partial charge in [0.05, 0.1) is 24.2 Å². The van der Waals surface area contributed by atoms with Crippen LogP contribution in [-0.4, -0.2) is 50.0 Å². The molecule has 0 aromatic heterocycles. The van der Waals surface area contributed by atoms with E-state index in [0.717, 1.165) is 51.8 Å². The van der Waals surface area contributed by atoms with Gasteiger partial charge in [-0.25, -0.2) is 0 Å². The van der Waals surface area contributed by atoms with E-state index < -0.39 is 0 Å². The van der Waals surface area contributed by atoms with E-state index in [9.17, 15) is 9.59 Å². The second kappa shape index (κ2) is 12.2. The number of carbonyl (C=O) groups is 2. The zero-order valence-electron chi connectivity index (χ0n) is 23.8. The number of carbonyl (C=O) groups excluding carboxylic acids is 2. The summed E-state index contributed by atoms with van der Waals surface area (Å²) in [6.45, 7) is 5.48. The van der Waals surface area contributed by atoms with Gasteiger partial charge in [0, 0.05) is 42.3 Å². The van der Waals surface area contributed by atoms with Gasteiger partial charge in [-0.2, -0.15) is 0 Å². The molecule has 0 spiro atoms. The molecule has 4 aromatic carbocycles. The fraction of sp³-hybridized carbons (Fsp3) is 0.200. The molecule has 0 aliphatic carbocycles. The molecule has 2 amide bonds. The van der Waals surface area contributed by atoms with Crippen LogP contribution in [0.15, 0.2) is 107 Å². The molecule has 2 heterocycles. The highest BCUT2D eigenvalue weighted by molar-refractivity contribution is 8.04. The third-order valence-corrected chi connectivity index (χ3v) is 8.96. The van der Waals surface area contributed by atoms with Crippen molar-refractivity contribution in [2.75, 3.05) is 43.1 Å². The van der Waals surface area contributed by atoms with Crippen LogP contribution in [0.2, 0.25) is 0 Å². The number of benzene rings is 4. The normalized spacial score (nSPS) is 16.0. The number of thioether (sulfide) groups is 1. The van der Waals surface area contributed by atoms with Gasteiger partial charge in [0.25, 0.3) is 11.8 Å². The van der Waals surface area contributed by atoms with Gasteiger partial charge in [-0.15, -0.1) is 0 Å². The van der Waals surface area contributed by atoms with E-state index in [1.807, 2.05) is 82.6 Å². The van der Waals surface area contributed by atoms with Crippen molar-refractivity contribution in [2.45, 2.75) is 18.4 Å². The van der Waals surface area contributed by atoms with Crippen LogP contribution in [0.25, 0.3) is 6.08 Å². The Bertz CT molecular complexity index is 1620. The maximum Gasteiger partial charge on any atom is 0.265 e. The van der Waals surface area contributed by atoms with Gasteiger partial charge in [0.1, 0.15) is 5.75 Å². The molecule has 2 aliphatic heterocycles. The van der Waals surface area contributed by atoms with Crippen LogP contribution in [0.3, 0.4) is 0 Å². The number of amides is 2. The molecule has 4 aromatic rings. The molecule has 0 unspecified atom stereocenters. The second-order valence-corrected chi connectivity index (χ2v) is 11.6. The van der Waals surface area contributed by atoms with Gasteiger partial charge in [0.15, 0.2) is 0 Å². The molecule has 1 saturated heterocycles. The summed E-state index contributed by atoms with van der Waals surface area (Å²) in [6, 6.07) is 31.8. The number of ether oxygens (including phenoxy) is 1. The van der Waals surface area contributed by atoms with E-state index in [1.165, 1.54) is 11.8 Å². The van der Waals surface area contributed by atoms with Crippen LogP contribution in [-0.2, 0) is 11.3 Å². The van der Waals surface area contributed by atoms with Crippen molar-refractivity contribution < 1.29 is 14.3 Å². The molecule has 42 heavy (non-hydrogen) atoms. The standard InChI is InChI=1S/C35H33N3O3S/c1-25-7-3-4-8-28(25)24-38-31-9-5-6-10-32(31)42-33(35(38)40)23-26-11-13-27(14-12-26)34(39)37-21-19-36(20-22-37)29-15-17-30(41-2)18-16-29/h3-18,23H,19-22,24H2,1-2H3/b33-23+. The van der Waals surface area contributed by atoms with E-state index in [1.54, 1.807) is 7.11 Å². The van der Waals surface area contributed by atoms with Crippen LogP contribution < -0.4 is 14.5 Å². The summed E-state index contributed by atoms with van der Waals surface area (Å²) in [5, 5.41) is 0. The molecule has 0 saturated carbocycles. The first-order valence-corrected chi connectivity index (χ1v) is 14.9. The number of hydrogen-bond donors (Lipinski definition) is 0. The number of hydrogen-bond acceptors (Lipinski definition) is 5. The van der Waals surface area contributed by atoms with Gasteiger partial charge < -0.3 is 19.4 Å². The van der Waals surface area contributed by atoms with Crippen molar-refractivity contribution in [2.24, 2.45) is 0 Å². The molecule has 6 rings (SSSR count). The zero-order chi connectivity index (χ0) is 29.1. The summed E-state index contributed by atoms with van der Waals surface area (Å²) >= 11 is 1.50. The fourth-order valence-corrected chi connectivity index (χ4v) is 6.45. The predicted molar refractivity (Wildman–Crippen MR) is 170 cm³/mol. The number of aryl methyl sites for hydroxylation is 1. The van der Waals surface area contributed by atoms with Crippen molar-refractivity contribution in [1.29, 1.82) is 0 Å². The van der Waals surface area contributed by atoms with Crippen molar-refractivity contribution in [3.05, 3.63) is 124 Å². The van der Waals surface area contributed by atoms with Gasteiger partial charge in [0.2, 0.25) is 0 Å². The lowest BCUT2D eigenvalue weighted by Gasteiger charge is -2.36. The summed E-state index contributed by atoms with van der Waals surface area (Å²) in [7, 11) is 1.66. The molecule has 6 nitrogen and oxygen atoms in total. The molecular weight excluding hydrogens is 542 g/mol. The zero-order valence-corrected chi connectivity index (χ0v) is 24.6. The number of fused-ring (bicyclic) bond motifs is 1. The number of piperazine rings is 1. The number of methoxy groups -OCH3 is 1. The molecule has 0 N–H and O–H groups in total. The first-order chi connectivity index (χ1) is 20.5. The molecule has 0 radical (unpaired) electrons. The van der Waals surface area contributed by atoms with Gasteiger partial charge >= 0.3 is 0 Å². The molecule has 2 aliphatic rings. The Morgan fingerprint density at radius 3 is 2.26 bits per heavy atom. The summed E-state index contributed by atoms with van der Waals surface area (Å²) in [4.78, 5) is 34.8. The Morgan fingerprint density at radius 2 is 1.55 bits per heavy atom. The largest absolute Gasteiger partial charge is 0.497 e. The fourth-order valence-electron chi connectivity index (χ4n) is 5.39. The topological polar surface area (TPSA) is 53.1 Å². The van der Waals surface area contributed by atoms with E-state index >= 15 is 0 Å². The van der Waals surface area contributed by atoms with Crippen molar-refractivity contribution in [1.82, 2.24) is 4.90 Å². The molecule has 0 bridgehead atoms. The number of anilines is 2. The van der Waals surface area contributed by atoms with Gasteiger partial charge in [-0.05, 0) is 78.2 Å². The van der Waals surface area contributed by atoms with E-state index in [4.69, 9.17) is 4.74 Å². The maximum absolute atomic E-state index is 13.7. The smallest absolute Gasteiger partial charge is 0.265 e. The highest BCUT2D eigenvalue weighted by atomic mass is 32.2. The van der Waals surface area contributed by atoms with Crippen molar-refractivity contribution in [3.8, 4) is 5.75 Å². The van der Waals surface area contributed by atoms with Gasteiger partial charge in [-0.1, -0.05) is 60.3 Å². The number of nitrogens with zero attached hydrogens (tertiary/aromatic N) is 3. The van der Waals surface area contributed by atoms with E-state index in [0.29, 0.717) is 30.1 Å². The predicted octanol–water partition coefficient (Wildman–Crippen LogP) is 6.65. The third-order valence-electron chi connectivity index (χ3n) is 7.88. The third kappa shape index (κ3) is 5.78. The Hall–Kier alpha value is -4.49. The molecule has 1 fully saturated rings. The van der Waals surface area contributed by atoms with Crippen LogP contribution in [0.5, 0.6) is 5.75 Å². The lowest BCUT2D eigenvalue weighted by atomic mass is 10.1. The lowest BCUT2D eigenvalue weighted by Crippen LogP contribution is -2.48. The highest BCUT2D eigenvalue weighted by Gasteiger charge is 2.29. The SMILES string of the molecule is COc1ccc(N2CCN(C(=O)c3ccc(/C=C4/Sc5ccccc5N(Cc5ccccc5C)C4=O)cc3)CC2)cc1. The minimum absolute atomic E-state index is 0.0168. The van der Waals surface area contributed by atoms with Crippen molar-refractivity contribution >= 4 is 41.0 Å². The van der Waals surface area contributed by atoms with Crippen molar-refractivity contribution in [3.63, 3.8) is 0 Å². The first kappa shape index (κ1) is 27.7. The Morgan fingerprint density at radius 1 is 0.857 bits per heavy atom. The minimum atomic E-state index is -0.0168. The average Bonchev–Trinajstić information content (AvgIpc) is 3.04. The van der Waals surface area contributed by atoms with Crippen LogP contribution in [0.4, 0.5) is 11.4 Å². The summed E-state index contributed by atoms with van der Waals surface area (Å²) in [5.74, 6) is 0.851. The number of rotatable bonds is 6. The average molecular weight is 576 g/mol. The Labute approximate surface area is 251 Å². The molecule has 7 heteroatoms. The molecular formula is C35H33N3O3S. The van der Waals surface area contributed by atoms with E-state index in [2.05, 4.69) is 42.2 Å². The molecule has 0 atom stereocenters. The number of para-hydroxylation sites is 1. The van der Waals surface area contributed by atoms with Gasteiger partial charge in [-0.3, -0.25) is 9.59 Å².